The molecular weight excluding hydrogens is 388 g/mol. The molecule has 4 aromatic rings. The first-order valence-electron chi connectivity index (χ1n) is 9.25. The Balaban J connectivity index is 1.43. The highest BCUT2D eigenvalue weighted by molar-refractivity contribution is 6.30. The average molecular weight is 407 g/mol. The van der Waals surface area contributed by atoms with E-state index in [2.05, 4.69) is 10.4 Å². The first-order chi connectivity index (χ1) is 14.1. The van der Waals surface area contributed by atoms with Gasteiger partial charge >= 0.3 is 0 Å². The van der Waals surface area contributed by atoms with Gasteiger partial charge in [-0.15, -0.1) is 0 Å². The van der Waals surface area contributed by atoms with Crippen LogP contribution in [0.3, 0.4) is 0 Å². The van der Waals surface area contributed by atoms with Crippen LogP contribution < -0.4 is 10.9 Å². The fourth-order valence-electron chi connectivity index (χ4n) is 3.11. The van der Waals surface area contributed by atoms with Crippen molar-refractivity contribution in [1.29, 1.82) is 0 Å². The smallest absolute Gasteiger partial charge is 0.277 e. The van der Waals surface area contributed by atoms with Crippen LogP contribution in [0.1, 0.15) is 5.56 Å². The fraction of sp³-hybridized carbons (Fsp3) is 0.136. The molecule has 0 saturated heterocycles. The Kier molecular flexibility index (Phi) is 5.44. The van der Waals surface area contributed by atoms with Crippen LogP contribution in [0.5, 0.6) is 0 Å². The molecule has 0 aliphatic rings. The normalized spacial score (nSPS) is 10.9. The van der Waals surface area contributed by atoms with Crippen LogP contribution in [0.2, 0.25) is 5.02 Å². The molecule has 4 rings (SSSR count). The maximum absolute atomic E-state index is 12.7. The summed E-state index contributed by atoms with van der Waals surface area (Å²) < 4.78 is 2.93. The van der Waals surface area contributed by atoms with Crippen molar-refractivity contribution in [2.24, 2.45) is 0 Å². The molecule has 2 aromatic heterocycles. The van der Waals surface area contributed by atoms with Gasteiger partial charge in [0.2, 0.25) is 5.91 Å². The lowest BCUT2D eigenvalue weighted by Gasteiger charge is -2.08. The number of amides is 1. The van der Waals surface area contributed by atoms with E-state index >= 15 is 0 Å². The van der Waals surface area contributed by atoms with E-state index in [9.17, 15) is 9.59 Å². The number of rotatable bonds is 6. The van der Waals surface area contributed by atoms with Crippen molar-refractivity contribution < 1.29 is 4.79 Å². The third-order valence-corrected chi connectivity index (χ3v) is 4.89. The second kappa shape index (κ2) is 8.32. The SMILES string of the molecule is O=C(Cn1ccn2nc(-c3ccccc3)cc2c1=O)NCCc1ccc(Cl)cc1. The van der Waals surface area contributed by atoms with Gasteiger partial charge in [-0.2, -0.15) is 5.10 Å². The summed E-state index contributed by atoms with van der Waals surface area (Å²) in [5.74, 6) is -0.215. The van der Waals surface area contributed by atoms with Gasteiger partial charge in [-0.25, -0.2) is 4.52 Å². The second-order valence-corrected chi connectivity index (χ2v) is 7.12. The van der Waals surface area contributed by atoms with E-state index in [4.69, 9.17) is 11.6 Å². The summed E-state index contributed by atoms with van der Waals surface area (Å²) >= 11 is 5.87. The number of aromatic nitrogens is 3. The summed E-state index contributed by atoms with van der Waals surface area (Å²) in [6.07, 6.45) is 3.96. The molecule has 0 radical (unpaired) electrons. The molecule has 1 N–H and O–H groups in total. The van der Waals surface area contributed by atoms with Gasteiger partial charge in [0.25, 0.3) is 5.56 Å². The zero-order valence-corrected chi connectivity index (χ0v) is 16.3. The lowest BCUT2D eigenvalue weighted by atomic mass is 10.1. The third kappa shape index (κ3) is 4.38. The van der Waals surface area contributed by atoms with Gasteiger partial charge in [0.05, 0.1) is 5.69 Å². The van der Waals surface area contributed by atoms with Gasteiger partial charge in [-0.3, -0.25) is 9.59 Å². The molecule has 29 heavy (non-hydrogen) atoms. The van der Waals surface area contributed by atoms with Crippen molar-refractivity contribution in [2.75, 3.05) is 6.54 Å². The molecule has 0 atom stereocenters. The van der Waals surface area contributed by atoms with Crippen LogP contribution in [0.4, 0.5) is 0 Å². The Bertz CT molecular complexity index is 1200. The Labute approximate surface area is 172 Å². The average Bonchev–Trinajstić information content (AvgIpc) is 3.18. The highest BCUT2D eigenvalue weighted by Gasteiger charge is 2.11. The molecule has 2 heterocycles. The van der Waals surface area contributed by atoms with Crippen molar-refractivity contribution in [2.45, 2.75) is 13.0 Å². The van der Waals surface area contributed by atoms with Crippen molar-refractivity contribution in [1.82, 2.24) is 19.5 Å². The summed E-state index contributed by atoms with van der Waals surface area (Å²) in [6, 6.07) is 18.9. The van der Waals surface area contributed by atoms with E-state index in [0.717, 1.165) is 11.1 Å². The van der Waals surface area contributed by atoms with E-state index < -0.39 is 0 Å². The van der Waals surface area contributed by atoms with Crippen molar-refractivity contribution in [3.63, 3.8) is 0 Å². The van der Waals surface area contributed by atoms with Gasteiger partial charge in [-0.05, 0) is 30.2 Å². The second-order valence-electron chi connectivity index (χ2n) is 6.68. The largest absolute Gasteiger partial charge is 0.354 e. The minimum atomic E-state index is -0.255. The quantitative estimate of drug-likeness (QED) is 0.534. The number of nitrogens with zero attached hydrogens (tertiary/aromatic N) is 3. The van der Waals surface area contributed by atoms with Gasteiger partial charge in [0.15, 0.2) is 0 Å². The first-order valence-corrected chi connectivity index (χ1v) is 9.63. The Morgan fingerprint density at radius 2 is 1.79 bits per heavy atom. The predicted octanol–water partition coefficient (Wildman–Crippen LogP) is 3.18. The molecule has 0 aliphatic heterocycles. The van der Waals surface area contributed by atoms with Crippen LogP contribution in [0.15, 0.2) is 77.9 Å². The topological polar surface area (TPSA) is 68.4 Å². The van der Waals surface area contributed by atoms with Crippen molar-refractivity contribution in [3.8, 4) is 11.3 Å². The van der Waals surface area contributed by atoms with E-state index in [1.54, 1.807) is 23.0 Å². The van der Waals surface area contributed by atoms with E-state index in [0.29, 0.717) is 29.2 Å². The number of carbonyl (C=O) groups excluding carboxylic acids is 1. The van der Waals surface area contributed by atoms with Gasteiger partial charge in [-0.1, -0.05) is 54.1 Å². The predicted molar refractivity (Wildman–Crippen MR) is 113 cm³/mol. The fourth-order valence-corrected chi connectivity index (χ4v) is 3.23. The van der Waals surface area contributed by atoms with E-state index in [1.165, 1.54) is 4.57 Å². The number of hydrogen-bond acceptors (Lipinski definition) is 3. The summed E-state index contributed by atoms with van der Waals surface area (Å²) in [4.78, 5) is 25.0. The molecule has 1 amide bonds. The number of nitrogens with one attached hydrogen (secondary N) is 1. The molecule has 0 spiro atoms. The summed E-state index contributed by atoms with van der Waals surface area (Å²) in [5, 5.41) is 7.98. The molecule has 2 aromatic carbocycles. The zero-order chi connectivity index (χ0) is 20.2. The van der Waals surface area contributed by atoms with Crippen molar-refractivity contribution >= 4 is 23.0 Å². The van der Waals surface area contributed by atoms with Crippen LogP contribution in [-0.4, -0.2) is 26.6 Å². The Hall–Kier alpha value is -3.38. The Morgan fingerprint density at radius 1 is 1.03 bits per heavy atom. The highest BCUT2D eigenvalue weighted by atomic mass is 35.5. The van der Waals surface area contributed by atoms with E-state index in [1.807, 2.05) is 54.6 Å². The minimum absolute atomic E-state index is 0.0399. The summed E-state index contributed by atoms with van der Waals surface area (Å²) in [6.45, 7) is 0.449. The minimum Gasteiger partial charge on any atom is -0.354 e. The van der Waals surface area contributed by atoms with Gasteiger partial charge in [0.1, 0.15) is 12.1 Å². The van der Waals surface area contributed by atoms with Crippen LogP contribution in [0.25, 0.3) is 16.8 Å². The number of benzene rings is 2. The van der Waals surface area contributed by atoms with Gasteiger partial charge < -0.3 is 9.88 Å². The number of hydrogen-bond donors (Lipinski definition) is 1. The van der Waals surface area contributed by atoms with Crippen LogP contribution in [0, 0.1) is 0 Å². The lowest BCUT2D eigenvalue weighted by molar-refractivity contribution is -0.121. The van der Waals surface area contributed by atoms with Crippen LogP contribution >= 0.6 is 11.6 Å². The Morgan fingerprint density at radius 3 is 2.55 bits per heavy atom. The van der Waals surface area contributed by atoms with Crippen molar-refractivity contribution in [3.05, 3.63) is 94.0 Å². The third-order valence-electron chi connectivity index (χ3n) is 4.64. The number of halogens is 1. The number of carbonyl (C=O) groups is 1. The lowest BCUT2D eigenvalue weighted by Crippen LogP contribution is -2.33. The van der Waals surface area contributed by atoms with E-state index in [-0.39, 0.29) is 18.0 Å². The standard InChI is InChI=1S/C22H19ClN4O2/c23-18-8-6-16(7-9-18)10-11-24-21(28)15-26-12-13-27-20(22(26)29)14-19(25-27)17-4-2-1-3-5-17/h1-9,12-14H,10-11,15H2,(H,24,28). The molecule has 0 unspecified atom stereocenters. The molecule has 0 fully saturated rings. The molecule has 7 heteroatoms. The molecular formula is C22H19ClN4O2. The highest BCUT2D eigenvalue weighted by Crippen LogP contribution is 2.17. The zero-order valence-electron chi connectivity index (χ0n) is 15.6. The summed E-state index contributed by atoms with van der Waals surface area (Å²) in [7, 11) is 0. The molecule has 0 aliphatic carbocycles. The maximum Gasteiger partial charge on any atom is 0.277 e. The first kappa shape index (κ1) is 19.0. The molecule has 6 nitrogen and oxygen atoms in total. The maximum atomic E-state index is 12.7. The van der Waals surface area contributed by atoms with Crippen LogP contribution in [-0.2, 0) is 17.8 Å². The molecule has 146 valence electrons. The van der Waals surface area contributed by atoms with Gasteiger partial charge in [0, 0.05) is 29.5 Å². The number of fused-ring (bicyclic) bond motifs is 1. The monoisotopic (exact) mass is 406 g/mol. The molecule has 0 bridgehead atoms. The summed E-state index contributed by atoms with van der Waals surface area (Å²) in [5.41, 5.74) is 2.91. The molecule has 0 saturated carbocycles.